The molecule has 1 aromatic heterocycles. The number of aromatic nitrogens is 1. The van der Waals surface area contributed by atoms with Crippen molar-refractivity contribution in [3.8, 4) is 17.0 Å². The Hall–Kier alpha value is -4.18. The zero-order valence-electron chi connectivity index (χ0n) is 21.6. The SMILES string of the molecule is CCOC(=O)C(=CN)C(=Nc1cccc(-c2cc(C)ccc2OCc2ccc3c(c2)CCNC3)n1)C(F)(F)F. The van der Waals surface area contributed by atoms with Crippen LogP contribution in [0, 0.1) is 6.92 Å². The maximum absolute atomic E-state index is 13.9. The molecule has 0 bridgehead atoms. The summed E-state index contributed by atoms with van der Waals surface area (Å²) in [6, 6.07) is 16.3. The van der Waals surface area contributed by atoms with Gasteiger partial charge in [-0.2, -0.15) is 13.2 Å². The molecule has 0 spiro atoms. The molecule has 1 aliphatic heterocycles. The first kappa shape index (κ1) is 27.8. The topological polar surface area (TPSA) is 98.8 Å². The summed E-state index contributed by atoms with van der Waals surface area (Å²) in [5.41, 5.74) is 8.43. The second-order valence-corrected chi connectivity index (χ2v) is 8.96. The van der Waals surface area contributed by atoms with E-state index in [0.717, 1.165) is 30.6 Å². The quantitative estimate of drug-likeness (QED) is 0.229. The van der Waals surface area contributed by atoms with Gasteiger partial charge in [0.05, 0.1) is 12.3 Å². The van der Waals surface area contributed by atoms with Crippen LogP contribution in [0.1, 0.15) is 29.2 Å². The van der Waals surface area contributed by atoms with Crippen molar-refractivity contribution in [2.45, 2.75) is 39.6 Å². The fourth-order valence-electron chi connectivity index (χ4n) is 4.23. The third kappa shape index (κ3) is 6.83. The van der Waals surface area contributed by atoms with Crippen LogP contribution < -0.4 is 15.8 Å². The van der Waals surface area contributed by atoms with Crippen molar-refractivity contribution < 1.29 is 27.4 Å². The van der Waals surface area contributed by atoms with Crippen LogP contribution in [0.4, 0.5) is 19.0 Å². The number of benzene rings is 2. The minimum Gasteiger partial charge on any atom is -0.488 e. The van der Waals surface area contributed by atoms with Crippen LogP contribution in [0.5, 0.6) is 5.75 Å². The number of nitrogens with two attached hydrogens (primary N) is 1. The van der Waals surface area contributed by atoms with E-state index >= 15 is 0 Å². The van der Waals surface area contributed by atoms with E-state index in [4.69, 9.17) is 15.2 Å². The monoisotopic (exact) mass is 538 g/mol. The first-order chi connectivity index (χ1) is 18.7. The summed E-state index contributed by atoms with van der Waals surface area (Å²) in [4.78, 5) is 20.1. The van der Waals surface area contributed by atoms with Gasteiger partial charge in [-0.05, 0) is 67.8 Å². The number of halogens is 3. The number of ether oxygens (including phenoxy) is 2. The first-order valence-electron chi connectivity index (χ1n) is 12.5. The van der Waals surface area contributed by atoms with Gasteiger partial charge in [-0.25, -0.2) is 14.8 Å². The number of alkyl halides is 3. The van der Waals surface area contributed by atoms with Gasteiger partial charge in [0.1, 0.15) is 17.9 Å². The molecule has 39 heavy (non-hydrogen) atoms. The number of esters is 1. The Morgan fingerprint density at radius 2 is 1.97 bits per heavy atom. The molecular formula is C29H29F3N4O3. The van der Waals surface area contributed by atoms with E-state index in [2.05, 4.69) is 27.4 Å². The second kappa shape index (κ2) is 12.1. The molecular weight excluding hydrogens is 509 g/mol. The predicted molar refractivity (Wildman–Crippen MR) is 143 cm³/mol. The van der Waals surface area contributed by atoms with Crippen LogP contribution in [0.25, 0.3) is 11.3 Å². The summed E-state index contributed by atoms with van der Waals surface area (Å²) in [6.07, 6.45) is -3.48. The van der Waals surface area contributed by atoms with E-state index in [1.54, 1.807) is 6.07 Å². The van der Waals surface area contributed by atoms with Gasteiger partial charge in [-0.1, -0.05) is 35.9 Å². The molecule has 0 radical (unpaired) electrons. The molecule has 0 atom stereocenters. The van der Waals surface area contributed by atoms with Crippen molar-refractivity contribution in [3.63, 3.8) is 0 Å². The standard InChI is InChI=1S/C29H29F3N4O3/c1-3-38-28(37)23(15-33)27(29(30,31)32)36-26-6-4-5-24(35-26)22-13-18(2)7-10-25(22)39-17-19-8-9-21-16-34-12-11-20(21)14-19/h4-10,13-15,34H,3,11-12,16-17,33H2,1-2H3. The third-order valence-corrected chi connectivity index (χ3v) is 6.11. The van der Waals surface area contributed by atoms with E-state index in [0.29, 0.717) is 29.8 Å². The summed E-state index contributed by atoms with van der Waals surface area (Å²) >= 11 is 0. The molecule has 204 valence electrons. The molecule has 10 heteroatoms. The van der Waals surface area contributed by atoms with Crippen molar-refractivity contribution in [2.24, 2.45) is 10.7 Å². The molecule has 3 N–H and O–H groups in total. The fraction of sp³-hybridized carbons (Fsp3) is 0.276. The van der Waals surface area contributed by atoms with Gasteiger partial charge < -0.3 is 20.5 Å². The van der Waals surface area contributed by atoms with E-state index in [9.17, 15) is 18.0 Å². The molecule has 0 amide bonds. The first-order valence-corrected chi connectivity index (χ1v) is 12.5. The highest BCUT2D eigenvalue weighted by atomic mass is 19.4. The van der Waals surface area contributed by atoms with E-state index in [-0.39, 0.29) is 12.4 Å². The van der Waals surface area contributed by atoms with Crippen molar-refractivity contribution >= 4 is 17.5 Å². The fourth-order valence-corrected chi connectivity index (χ4v) is 4.23. The lowest BCUT2D eigenvalue weighted by Gasteiger charge is -2.18. The lowest BCUT2D eigenvalue weighted by Crippen LogP contribution is -2.30. The number of hydrogen-bond acceptors (Lipinski definition) is 7. The number of rotatable bonds is 8. The Labute approximate surface area is 224 Å². The number of nitrogens with zero attached hydrogens (tertiary/aromatic N) is 2. The van der Waals surface area contributed by atoms with E-state index in [1.165, 1.54) is 30.2 Å². The number of nitrogens with one attached hydrogen (secondary N) is 1. The van der Waals surface area contributed by atoms with Gasteiger partial charge in [0, 0.05) is 18.3 Å². The number of hydrogen-bond donors (Lipinski definition) is 2. The minimum absolute atomic E-state index is 0.117. The molecule has 1 aliphatic rings. The summed E-state index contributed by atoms with van der Waals surface area (Å²) in [5.74, 6) is -0.946. The summed E-state index contributed by atoms with van der Waals surface area (Å²) in [6.45, 7) is 5.35. The highest BCUT2D eigenvalue weighted by Crippen LogP contribution is 2.33. The number of carbonyl (C=O) groups is 1. The number of aliphatic imine (C=N–C) groups is 1. The molecule has 4 rings (SSSR count). The van der Waals surface area contributed by atoms with Gasteiger partial charge in [0.25, 0.3) is 0 Å². The number of fused-ring (bicyclic) bond motifs is 1. The van der Waals surface area contributed by atoms with E-state index < -0.39 is 23.4 Å². The lowest BCUT2D eigenvalue weighted by atomic mass is 9.99. The molecule has 0 fully saturated rings. The summed E-state index contributed by atoms with van der Waals surface area (Å²) in [7, 11) is 0. The van der Waals surface area contributed by atoms with Crippen molar-refractivity contribution in [2.75, 3.05) is 13.2 Å². The highest BCUT2D eigenvalue weighted by Gasteiger charge is 2.41. The number of pyridine rings is 1. The van der Waals surface area contributed by atoms with E-state index in [1.807, 2.05) is 31.2 Å². The van der Waals surface area contributed by atoms with Crippen molar-refractivity contribution in [1.82, 2.24) is 10.3 Å². The van der Waals surface area contributed by atoms with Crippen LogP contribution in [-0.2, 0) is 29.1 Å². The average molecular weight is 539 g/mol. The van der Waals surface area contributed by atoms with Gasteiger partial charge in [-0.15, -0.1) is 0 Å². The predicted octanol–water partition coefficient (Wildman–Crippen LogP) is 5.32. The molecule has 7 nitrogen and oxygen atoms in total. The van der Waals surface area contributed by atoms with Gasteiger partial charge in [-0.3, -0.25) is 0 Å². The van der Waals surface area contributed by atoms with Gasteiger partial charge in [0.15, 0.2) is 11.5 Å². The smallest absolute Gasteiger partial charge is 0.434 e. The zero-order chi connectivity index (χ0) is 28.0. The molecule has 0 saturated carbocycles. The van der Waals surface area contributed by atoms with Crippen molar-refractivity contribution in [3.05, 3.63) is 88.6 Å². The van der Waals surface area contributed by atoms with Crippen LogP contribution in [-0.4, -0.2) is 36.0 Å². The molecule has 3 aromatic rings. The van der Waals surface area contributed by atoms with Crippen LogP contribution in [0.2, 0.25) is 0 Å². The lowest BCUT2D eigenvalue weighted by molar-refractivity contribution is -0.138. The Bertz CT molecular complexity index is 1420. The van der Waals surface area contributed by atoms with Gasteiger partial charge in [0.2, 0.25) is 0 Å². The average Bonchev–Trinajstić information content (AvgIpc) is 2.92. The third-order valence-electron chi connectivity index (χ3n) is 6.11. The Morgan fingerprint density at radius 3 is 2.72 bits per heavy atom. The maximum Gasteiger partial charge on any atom is 0.434 e. The Balaban J connectivity index is 1.65. The van der Waals surface area contributed by atoms with Crippen LogP contribution in [0.15, 0.2) is 71.4 Å². The minimum atomic E-state index is -4.97. The number of carbonyl (C=O) groups excluding carboxylic acids is 1. The maximum atomic E-state index is 13.9. The number of aryl methyl sites for hydroxylation is 1. The largest absolute Gasteiger partial charge is 0.488 e. The Kier molecular flexibility index (Phi) is 8.65. The molecule has 0 aliphatic carbocycles. The second-order valence-electron chi connectivity index (χ2n) is 8.96. The van der Waals surface area contributed by atoms with Crippen LogP contribution in [0.3, 0.4) is 0 Å². The molecule has 0 saturated heterocycles. The highest BCUT2D eigenvalue weighted by molar-refractivity contribution is 6.22. The normalized spacial score (nSPS) is 14.1. The summed E-state index contributed by atoms with van der Waals surface area (Å²) < 4.78 is 52.5. The molecule has 2 heterocycles. The molecule has 2 aromatic carbocycles. The molecule has 0 unspecified atom stereocenters. The summed E-state index contributed by atoms with van der Waals surface area (Å²) in [5, 5.41) is 3.35. The zero-order valence-corrected chi connectivity index (χ0v) is 21.6. The van der Waals surface area contributed by atoms with Crippen molar-refractivity contribution in [1.29, 1.82) is 0 Å². The Morgan fingerprint density at radius 1 is 1.15 bits per heavy atom. The van der Waals surface area contributed by atoms with Gasteiger partial charge >= 0.3 is 12.1 Å². The van der Waals surface area contributed by atoms with Crippen LogP contribution >= 0.6 is 0 Å².